The summed E-state index contributed by atoms with van der Waals surface area (Å²) in [5.74, 6) is 0.600. The predicted octanol–water partition coefficient (Wildman–Crippen LogP) is 4.73. The summed E-state index contributed by atoms with van der Waals surface area (Å²) in [5.41, 5.74) is 0.773. The van der Waals surface area contributed by atoms with Gasteiger partial charge in [0.25, 0.3) is 0 Å². The van der Waals surface area contributed by atoms with Crippen molar-refractivity contribution in [3.05, 3.63) is 33.8 Å². The van der Waals surface area contributed by atoms with Crippen molar-refractivity contribution in [1.29, 1.82) is 5.26 Å². The number of benzene rings is 1. The molecule has 0 spiro atoms. The number of nitriles is 1. The first-order valence-corrected chi connectivity index (χ1v) is 7.48. The summed E-state index contributed by atoms with van der Waals surface area (Å²) in [4.78, 5) is 0. The Morgan fingerprint density at radius 3 is 2.74 bits per heavy atom. The molecule has 0 radical (unpaired) electrons. The molecule has 2 rings (SSSR count). The van der Waals surface area contributed by atoms with E-state index in [1.165, 1.54) is 19.3 Å². The summed E-state index contributed by atoms with van der Waals surface area (Å²) in [6.07, 6.45) is 4.86. The Hall–Kier alpha value is -0.750. The summed E-state index contributed by atoms with van der Waals surface area (Å²) >= 11 is 12.2. The molecule has 0 bridgehead atoms. The van der Waals surface area contributed by atoms with E-state index >= 15 is 0 Å². The highest BCUT2D eigenvalue weighted by Crippen LogP contribution is 2.32. The molecule has 0 amide bonds. The van der Waals surface area contributed by atoms with Gasteiger partial charge in [0, 0.05) is 11.6 Å². The minimum Gasteiger partial charge on any atom is -0.295 e. The number of rotatable bonds is 3. The van der Waals surface area contributed by atoms with Crippen LogP contribution in [0.5, 0.6) is 0 Å². The van der Waals surface area contributed by atoms with Crippen LogP contribution in [-0.2, 0) is 0 Å². The van der Waals surface area contributed by atoms with Crippen LogP contribution in [0.3, 0.4) is 0 Å². The third-order valence-electron chi connectivity index (χ3n) is 3.91. The van der Waals surface area contributed by atoms with E-state index in [1.54, 1.807) is 6.07 Å². The monoisotopic (exact) mass is 296 g/mol. The molecule has 3 unspecified atom stereocenters. The van der Waals surface area contributed by atoms with Crippen LogP contribution in [0.4, 0.5) is 0 Å². The average Bonchev–Trinajstić information content (AvgIpc) is 2.41. The first-order valence-electron chi connectivity index (χ1n) is 6.73. The number of nitrogens with one attached hydrogen (secondary N) is 1. The topological polar surface area (TPSA) is 35.8 Å². The number of halogens is 2. The van der Waals surface area contributed by atoms with Gasteiger partial charge in [-0.2, -0.15) is 5.26 Å². The van der Waals surface area contributed by atoms with E-state index in [-0.39, 0.29) is 0 Å². The van der Waals surface area contributed by atoms with Gasteiger partial charge in [0.05, 0.1) is 16.1 Å². The lowest BCUT2D eigenvalue weighted by Gasteiger charge is -2.31. The molecule has 1 N–H and O–H groups in total. The second-order valence-corrected chi connectivity index (χ2v) is 6.03. The Kier molecular flexibility index (Phi) is 5.10. The normalized spacial score (nSPS) is 24.7. The van der Waals surface area contributed by atoms with Crippen molar-refractivity contribution in [2.75, 3.05) is 0 Å². The Balaban J connectivity index is 2.16. The zero-order chi connectivity index (χ0) is 13.8. The van der Waals surface area contributed by atoms with E-state index in [0.29, 0.717) is 22.0 Å². The van der Waals surface area contributed by atoms with Crippen molar-refractivity contribution < 1.29 is 0 Å². The zero-order valence-corrected chi connectivity index (χ0v) is 12.5. The van der Waals surface area contributed by atoms with Crippen LogP contribution in [-0.4, -0.2) is 6.04 Å². The van der Waals surface area contributed by atoms with Crippen LogP contribution in [0, 0.1) is 17.2 Å². The molecule has 1 fully saturated rings. The minimum atomic E-state index is -0.392. The van der Waals surface area contributed by atoms with Crippen LogP contribution >= 0.6 is 23.2 Å². The van der Waals surface area contributed by atoms with Gasteiger partial charge in [-0.05, 0) is 24.8 Å². The molecule has 1 aromatic carbocycles. The molecule has 0 aromatic heterocycles. The molecule has 102 valence electrons. The molecule has 1 aliphatic carbocycles. The van der Waals surface area contributed by atoms with Gasteiger partial charge in [0.2, 0.25) is 0 Å². The van der Waals surface area contributed by atoms with E-state index < -0.39 is 6.04 Å². The van der Waals surface area contributed by atoms with Gasteiger partial charge < -0.3 is 0 Å². The first-order chi connectivity index (χ1) is 9.13. The molecule has 0 saturated heterocycles. The summed E-state index contributed by atoms with van der Waals surface area (Å²) in [6, 6.07) is 7.73. The largest absolute Gasteiger partial charge is 0.295 e. The molecule has 2 nitrogen and oxygen atoms in total. The first kappa shape index (κ1) is 14.7. The molecule has 19 heavy (non-hydrogen) atoms. The van der Waals surface area contributed by atoms with Gasteiger partial charge in [0.15, 0.2) is 0 Å². The highest BCUT2D eigenvalue weighted by molar-refractivity contribution is 6.42. The lowest BCUT2D eigenvalue weighted by Crippen LogP contribution is -2.39. The van der Waals surface area contributed by atoms with Crippen molar-refractivity contribution in [1.82, 2.24) is 5.32 Å². The molecular formula is C15H18Cl2N2. The van der Waals surface area contributed by atoms with E-state index in [0.717, 1.165) is 12.0 Å². The van der Waals surface area contributed by atoms with Gasteiger partial charge in [-0.15, -0.1) is 0 Å². The summed E-state index contributed by atoms with van der Waals surface area (Å²) in [6.45, 7) is 2.24. The summed E-state index contributed by atoms with van der Waals surface area (Å²) in [5, 5.41) is 13.8. The quantitative estimate of drug-likeness (QED) is 0.875. The van der Waals surface area contributed by atoms with Crippen molar-refractivity contribution >= 4 is 23.2 Å². The van der Waals surface area contributed by atoms with Crippen molar-refractivity contribution in [2.24, 2.45) is 5.92 Å². The Morgan fingerprint density at radius 1 is 1.32 bits per heavy atom. The van der Waals surface area contributed by atoms with E-state index in [9.17, 15) is 5.26 Å². The van der Waals surface area contributed by atoms with E-state index in [2.05, 4.69) is 18.3 Å². The SMILES string of the molecule is CC1CCCCC1NC(C#N)c1cccc(Cl)c1Cl. The smallest absolute Gasteiger partial charge is 0.123 e. The van der Waals surface area contributed by atoms with Crippen LogP contribution in [0.15, 0.2) is 18.2 Å². The minimum absolute atomic E-state index is 0.383. The lowest BCUT2D eigenvalue weighted by atomic mass is 9.85. The van der Waals surface area contributed by atoms with Crippen molar-refractivity contribution in [2.45, 2.75) is 44.7 Å². The van der Waals surface area contributed by atoms with Gasteiger partial charge in [-0.1, -0.05) is 55.1 Å². The molecule has 0 heterocycles. The molecular weight excluding hydrogens is 279 g/mol. The Labute approximate surface area is 124 Å². The third-order valence-corrected chi connectivity index (χ3v) is 4.75. The molecule has 0 aliphatic heterocycles. The number of hydrogen-bond acceptors (Lipinski definition) is 2. The molecule has 1 saturated carbocycles. The Bertz CT molecular complexity index is 482. The van der Waals surface area contributed by atoms with Crippen LogP contribution in [0.25, 0.3) is 0 Å². The number of hydrogen-bond donors (Lipinski definition) is 1. The van der Waals surface area contributed by atoms with Crippen LogP contribution < -0.4 is 5.32 Å². The maximum Gasteiger partial charge on any atom is 0.123 e. The second-order valence-electron chi connectivity index (χ2n) is 5.24. The highest BCUT2D eigenvalue weighted by Gasteiger charge is 2.25. The van der Waals surface area contributed by atoms with Crippen LogP contribution in [0.2, 0.25) is 10.0 Å². The Morgan fingerprint density at radius 2 is 2.05 bits per heavy atom. The van der Waals surface area contributed by atoms with Gasteiger partial charge >= 0.3 is 0 Å². The molecule has 4 heteroatoms. The highest BCUT2D eigenvalue weighted by atomic mass is 35.5. The average molecular weight is 297 g/mol. The maximum absolute atomic E-state index is 9.40. The molecule has 1 aromatic rings. The standard InChI is InChI=1S/C15H18Cl2N2/c1-10-5-2-3-8-13(10)19-14(9-18)11-6-4-7-12(16)15(11)17/h4,6-7,10,13-14,19H,2-3,5,8H2,1H3. The zero-order valence-electron chi connectivity index (χ0n) is 11.0. The molecule has 1 aliphatic rings. The fourth-order valence-electron chi connectivity index (χ4n) is 2.72. The van der Waals surface area contributed by atoms with Gasteiger partial charge in [0.1, 0.15) is 6.04 Å². The summed E-state index contributed by atoms with van der Waals surface area (Å²) in [7, 11) is 0. The van der Waals surface area contributed by atoms with Crippen molar-refractivity contribution in [3.8, 4) is 6.07 Å². The fourth-order valence-corrected chi connectivity index (χ4v) is 3.13. The predicted molar refractivity (Wildman–Crippen MR) is 79.4 cm³/mol. The molecule has 3 atom stereocenters. The van der Waals surface area contributed by atoms with Gasteiger partial charge in [-0.25, -0.2) is 0 Å². The maximum atomic E-state index is 9.40. The van der Waals surface area contributed by atoms with E-state index in [4.69, 9.17) is 23.2 Å². The fraction of sp³-hybridized carbons (Fsp3) is 0.533. The lowest BCUT2D eigenvalue weighted by molar-refractivity contribution is 0.271. The third kappa shape index (κ3) is 3.42. The van der Waals surface area contributed by atoms with Gasteiger partial charge in [-0.3, -0.25) is 5.32 Å². The summed E-state index contributed by atoms with van der Waals surface area (Å²) < 4.78 is 0. The van der Waals surface area contributed by atoms with E-state index in [1.807, 2.05) is 12.1 Å². The van der Waals surface area contributed by atoms with Crippen LogP contribution in [0.1, 0.15) is 44.2 Å². The van der Waals surface area contributed by atoms with Crippen molar-refractivity contribution in [3.63, 3.8) is 0 Å². The number of nitrogens with zero attached hydrogens (tertiary/aromatic N) is 1. The second kappa shape index (κ2) is 6.61.